The van der Waals surface area contributed by atoms with Crippen LogP contribution >= 0.6 is 11.3 Å². The Balaban J connectivity index is 1.26. The van der Waals surface area contributed by atoms with Gasteiger partial charge in [0.05, 0.1) is 17.2 Å². The zero-order valence-corrected chi connectivity index (χ0v) is 18.4. The monoisotopic (exact) mass is 428 g/mol. The number of furan rings is 1. The number of fused-ring (bicyclic) bond motifs is 1. The molecule has 0 aliphatic heterocycles. The van der Waals surface area contributed by atoms with Gasteiger partial charge in [0.15, 0.2) is 5.82 Å². The minimum absolute atomic E-state index is 0.696. The van der Waals surface area contributed by atoms with E-state index in [1.54, 1.807) is 23.9 Å². The molecule has 4 aromatic heterocycles. The van der Waals surface area contributed by atoms with E-state index in [9.17, 15) is 0 Å². The Kier molecular flexibility index (Phi) is 5.30. The lowest BCUT2D eigenvalue weighted by Gasteiger charge is -2.09. The van der Waals surface area contributed by atoms with Gasteiger partial charge in [-0.05, 0) is 55.2 Å². The molecule has 156 valence electrons. The predicted octanol–water partition coefficient (Wildman–Crippen LogP) is 6.31. The van der Waals surface area contributed by atoms with Gasteiger partial charge in [0.1, 0.15) is 16.9 Å². The minimum Gasteiger partial charge on any atom is -0.472 e. The summed E-state index contributed by atoms with van der Waals surface area (Å²) in [7, 11) is 2.08. The summed E-state index contributed by atoms with van der Waals surface area (Å²) in [6.07, 6.45) is 7.46. The molecule has 0 saturated carbocycles. The fraction of sp³-hybridized carbons (Fsp3) is 0.200. The average molecular weight is 429 g/mol. The molecule has 5 nitrogen and oxygen atoms in total. The largest absolute Gasteiger partial charge is 0.472 e. The van der Waals surface area contributed by atoms with E-state index in [1.807, 2.05) is 6.07 Å². The molecule has 0 fully saturated rings. The zero-order chi connectivity index (χ0) is 21.2. The van der Waals surface area contributed by atoms with Gasteiger partial charge in [0.2, 0.25) is 0 Å². The maximum absolute atomic E-state index is 5.21. The Hall–Kier alpha value is -3.38. The van der Waals surface area contributed by atoms with E-state index in [2.05, 4.69) is 72.5 Å². The van der Waals surface area contributed by atoms with E-state index in [-0.39, 0.29) is 0 Å². The first-order valence-electron chi connectivity index (χ1n) is 10.4. The van der Waals surface area contributed by atoms with Gasteiger partial charge in [0, 0.05) is 30.4 Å². The Bertz CT molecular complexity index is 1300. The van der Waals surface area contributed by atoms with Crippen LogP contribution in [-0.4, -0.2) is 21.1 Å². The van der Waals surface area contributed by atoms with Crippen LogP contribution in [0.4, 0.5) is 5.82 Å². The maximum Gasteiger partial charge on any atom is 0.166 e. The first-order valence-corrected chi connectivity index (χ1v) is 11.2. The van der Waals surface area contributed by atoms with Gasteiger partial charge >= 0.3 is 0 Å². The molecule has 31 heavy (non-hydrogen) atoms. The van der Waals surface area contributed by atoms with Gasteiger partial charge in [-0.25, -0.2) is 9.97 Å². The van der Waals surface area contributed by atoms with Crippen molar-refractivity contribution in [2.45, 2.75) is 19.8 Å². The topological polar surface area (TPSA) is 55.9 Å². The smallest absolute Gasteiger partial charge is 0.166 e. The normalized spacial score (nSPS) is 11.3. The first-order chi connectivity index (χ1) is 15.2. The number of aromatic nitrogens is 3. The summed E-state index contributed by atoms with van der Waals surface area (Å²) >= 11 is 1.69. The molecule has 5 aromatic rings. The number of nitrogens with one attached hydrogen (secondary N) is 1. The molecule has 0 spiro atoms. The Morgan fingerprint density at radius 1 is 1.06 bits per heavy atom. The molecule has 0 bridgehead atoms. The third-order valence-corrected chi connectivity index (χ3v) is 6.37. The van der Waals surface area contributed by atoms with Crippen molar-refractivity contribution in [2.75, 3.05) is 11.9 Å². The van der Waals surface area contributed by atoms with Gasteiger partial charge in [-0.15, -0.1) is 11.3 Å². The van der Waals surface area contributed by atoms with Crippen LogP contribution in [0.3, 0.4) is 0 Å². The highest BCUT2D eigenvalue weighted by molar-refractivity contribution is 7.18. The number of rotatable bonds is 7. The van der Waals surface area contributed by atoms with Crippen molar-refractivity contribution >= 4 is 27.4 Å². The van der Waals surface area contributed by atoms with Crippen molar-refractivity contribution in [3.05, 3.63) is 77.7 Å². The molecule has 4 heterocycles. The average Bonchev–Trinajstić information content (AvgIpc) is 3.52. The van der Waals surface area contributed by atoms with Crippen molar-refractivity contribution in [2.24, 2.45) is 7.05 Å². The van der Waals surface area contributed by atoms with Crippen LogP contribution in [0, 0.1) is 6.92 Å². The third kappa shape index (κ3) is 4.11. The molecule has 0 radical (unpaired) electrons. The lowest BCUT2D eigenvalue weighted by atomic mass is 10.1. The number of anilines is 1. The lowest BCUT2D eigenvalue weighted by Crippen LogP contribution is -2.06. The summed E-state index contributed by atoms with van der Waals surface area (Å²) in [5.74, 6) is 1.59. The van der Waals surface area contributed by atoms with Crippen LogP contribution < -0.4 is 5.32 Å². The minimum atomic E-state index is 0.696. The van der Waals surface area contributed by atoms with Crippen LogP contribution in [-0.2, 0) is 13.5 Å². The van der Waals surface area contributed by atoms with Crippen molar-refractivity contribution in [3.63, 3.8) is 0 Å². The summed E-state index contributed by atoms with van der Waals surface area (Å²) in [4.78, 5) is 11.7. The third-order valence-electron chi connectivity index (χ3n) is 5.42. The first kappa shape index (κ1) is 19.6. The molecule has 0 aliphatic carbocycles. The Morgan fingerprint density at radius 3 is 2.68 bits per heavy atom. The summed E-state index contributed by atoms with van der Waals surface area (Å²) in [5, 5.41) is 4.62. The van der Waals surface area contributed by atoms with Crippen molar-refractivity contribution in [3.8, 4) is 22.6 Å². The SMILES string of the molecule is Cc1cc2c(NCCCc3ccc(-c4cccn4C)cc3)nc(-c3ccoc3)nc2s1. The molecule has 5 rings (SSSR count). The summed E-state index contributed by atoms with van der Waals surface area (Å²) in [6, 6.07) is 17.1. The second-order valence-electron chi connectivity index (χ2n) is 7.72. The van der Waals surface area contributed by atoms with Crippen LogP contribution in [0.2, 0.25) is 0 Å². The van der Waals surface area contributed by atoms with Gasteiger partial charge in [-0.2, -0.15) is 0 Å². The molecule has 1 N–H and O–H groups in total. The molecule has 0 aliphatic rings. The Labute approximate surface area is 185 Å². The van der Waals surface area contributed by atoms with E-state index in [1.165, 1.54) is 21.7 Å². The van der Waals surface area contributed by atoms with E-state index in [0.717, 1.165) is 41.0 Å². The molecule has 6 heteroatoms. The van der Waals surface area contributed by atoms with E-state index >= 15 is 0 Å². The molecule has 0 amide bonds. The van der Waals surface area contributed by atoms with Gasteiger partial charge in [-0.3, -0.25) is 0 Å². The van der Waals surface area contributed by atoms with Gasteiger partial charge in [0.25, 0.3) is 0 Å². The van der Waals surface area contributed by atoms with Crippen molar-refractivity contribution in [1.29, 1.82) is 0 Å². The van der Waals surface area contributed by atoms with Crippen molar-refractivity contribution < 1.29 is 4.42 Å². The molecule has 0 saturated heterocycles. The number of hydrogen-bond donors (Lipinski definition) is 1. The second-order valence-corrected chi connectivity index (χ2v) is 8.95. The highest BCUT2D eigenvalue weighted by Crippen LogP contribution is 2.31. The molecular formula is C25H24N4OS. The predicted molar refractivity (Wildman–Crippen MR) is 128 cm³/mol. The summed E-state index contributed by atoms with van der Waals surface area (Å²) in [6.45, 7) is 2.96. The van der Waals surface area contributed by atoms with E-state index < -0.39 is 0 Å². The fourth-order valence-corrected chi connectivity index (χ4v) is 4.68. The second kappa shape index (κ2) is 8.40. The molecular weight excluding hydrogens is 404 g/mol. The number of aryl methyl sites for hydroxylation is 3. The fourth-order valence-electron chi connectivity index (χ4n) is 3.80. The van der Waals surface area contributed by atoms with Crippen LogP contribution in [0.25, 0.3) is 32.9 Å². The van der Waals surface area contributed by atoms with Crippen LogP contribution in [0.15, 0.2) is 71.7 Å². The van der Waals surface area contributed by atoms with E-state index in [4.69, 9.17) is 14.4 Å². The van der Waals surface area contributed by atoms with E-state index in [0.29, 0.717) is 5.82 Å². The molecule has 1 aromatic carbocycles. The molecule has 0 atom stereocenters. The van der Waals surface area contributed by atoms with Crippen LogP contribution in [0.1, 0.15) is 16.9 Å². The van der Waals surface area contributed by atoms with Gasteiger partial charge in [-0.1, -0.05) is 24.3 Å². The standard InChI is InChI=1S/C25H24N4OS/c1-17-15-21-24(27-23(28-25(21)31-17)20-11-14-30-16-20)26-12-3-5-18-7-9-19(10-8-18)22-6-4-13-29(22)2/h4,6-11,13-16H,3,5,12H2,1-2H3,(H,26,27,28). The Morgan fingerprint density at radius 2 is 1.94 bits per heavy atom. The number of benzene rings is 1. The quantitative estimate of drug-likeness (QED) is 0.309. The maximum atomic E-state index is 5.21. The molecule has 0 unspecified atom stereocenters. The van der Waals surface area contributed by atoms with Crippen molar-refractivity contribution in [1.82, 2.24) is 14.5 Å². The number of nitrogens with zero attached hydrogens (tertiary/aromatic N) is 3. The van der Waals surface area contributed by atoms with Gasteiger partial charge < -0.3 is 14.3 Å². The number of thiophene rings is 1. The zero-order valence-electron chi connectivity index (χ0n) is 17.6. The highest BCUT2D eigenvalue weighted by Gasteiger charge is 2.12. The summed E-state index contributed by atoms with van der Waals surface area (Å²) < 4.78 is 7.36. The lowest BCUT2D eigenvalue weighted by molar-refractivity contribution is 0.568. The number of hydrogen-bond acceptors (Lipinski definition) is 5. The summed E-state index contributed by atoms with van der Waals surface area (Å²) in [5.41, 5.74) is 4.73. The van der Waals surface area contributed by atoms with Crippen LogP contribution in [0.5, 0.6) is 0 Å². The highest BCUT2D eigenvalue weighted by atomic mass is 32.1.